The standard InChI is InChI=1S/C16H33NO5/c1-2-3-4-5-6-7-13-22-14-10-17(8-11-18,9-12-19)15-16(20)21/h18-19H,2-15H2,1H3. The summed E-state index contributed by atoms with van der Waals surface area (Å²) in [7, 11) is 0. The van der Waals surface area contributed by atoms with Gasteiger partial charge in [0.1, 0.15) is 26.2 Å². The Bertz CT molecular complexity index is 267. The Morgan fingerprint density at radius 1 is 0.955 bits per heavy atom. The molecule has 0 spiro atoms. The molecule has 0 atom stereocenters. The molecule has 0 aromatic carbocycles. The van der Waals surface area contributed by atoms with E-state index >= 15 is 0 Å². The molecule has 0 fully saturated rings. The number of aliphatic hydroxyl groups excluding tert-OH is 2. The highest BCUT2D eigenvalue weighted by Gasteiger charge is 2.26. The van der Waals surface area contributed by atoms with Gasteiger partial charge in [0.25, 0.3) is 0 Å². The quantitative estimate of drug-likeness (QED) is 0.307. The van der Waals surface area contributed by atoms with Crippen molar-refractivity contribution in [3.8, 4) is 0 Å². The normalized spacial score (nSPS) is 11.8. The molecule has 0 unspecified atom stereocenters. The van der Waals surface area contributed by atoms with Gasteiger partial charge < -0.3 is 29.3 Å². The lowest BCUT2D eigenvalue weighted by molar-refractivity contribution is -0.923. The number of carbonyl (C=O) groups is 1. The van der Waals surface area contributed by atoms with E-state index in [1.165, 1.54) is 25.7 Å². The average Bonchev–Trinajstić information content (AvgIpc) is 2.45. The van der Waals surface area contributed by atoms with E-state index in [2.05, 4.69) is 6.92 Å². The van der Waals surface area contributed by atoms with Gasteiger partial charge in [-0.05, 0) is 6.42 Å². The topological polar surface area (TPSA) is 89.8 Å². The van der Waals surface area contributed by atoms with Crippen molar-refractivity contribution < 1.29 is 29.3 Å². The van der Waals surface area contributed by atoms with Crippen molar-refractivity contribution in [3.63, 3.8) is 0 Å². The van der Waals surface area contributed by atoms with Gasteiger partial charge in [0.15, 0.2) is 0 Å². The summed E-state index contributed by atoms with van der Waals surface area (Å²) in [4.78, 5) is 10.9. The van der Waals surface area contributed by atoms with Crippen LogP contribution in [0.4, 0.5) is 0 Å². The molecule has 0 aliphatic rings. The van der Waals surface area contributed by atoms with Crippen molar-refractivity contribution in [2.24, 2.45) is 0 Å². The molecule has 0 aliphatic heterocycles. The molecule has 0 radical (unpaired) electrons. The number of aliphatic carboxylic acids is 1. The average molecular weight is 319 g/mol. The molecule has 2 N–H and O–H groups in total. The number of nitrogens with zero attached hydrogens (tertiary/aromatic N) is 1. The Kier molecular flexibility index (Phi) is 13.5. The minimum atomic E-state index is -1.17. The van der Waals surface area contributed by atoms with Crippen molar-refractivity contribution in [1.29, 1.82) is 0 Å². The van der Waals surface area contributed by atoms with Gasteiger partial charge in [0.2, 0.25) is 0 Å². The number of rotatable bonds is 16. The van der Waals surface area contributed by atoms with Gasteiger partial charge in [-0.15, -0.1) is 0 Å². The molecule has 6 heteroatoms. The summed E-state index contributed by atoms with van der Waals surface area (Å²) < 4.78 is 5.68. The van der Waals surface area contributed by atoms with Gasteiger partial charge in [-0.3, -0.25) is 0 Å². The smallest absolute Gasteiger partial charge is 0.119 e. The first-order chi connectivity index (χ1) is 10.6. The molecule has 0 aromatic rings. The molecule has 0 rings (SSSR count). The molecule has 0 heterocycles. The zero-order chi connectivity index (χ0) is 16.7. The number of carbonyl (C=O) groups excluding carboxylic acids is 1. The lowest BCUT2D eigenvalue weighted by Crippen LogP contribution is -2.58. The minimum Gasteiger partial charge on any atom is -0.544 e. The number of carboxylic acid groups (broad SMARTS) is 1. The molecule has 22 heavy (non-hydrogen) atoms. The first kappa shape index (κ1) is 21.3. The first-order valence-corrected chi connectivity index (χ1v) is 8.44. The third-order valence-electron chi connectivity index (χ3n) is 3.97. The summed E-state index contributed by atoms with van der Waals surface area (Å²) in [5.41, 5.74) is 0. The van der Waals surface area contributed by atoms with Crippen LogP contribution in [-0.2, 0) is 9.53 Å². The largest absolute Gasteiger partial charge is 0.544 e. The number of ether oxygens (including phenoxy) is 1. The Morgan fingerprint density at radius 2 is 1.55 bits per heavy atom. The van der Waals surface area contributed by atoms with Crippen molar-refractivity contribution in [1.82, 2.24) is 0 Å². The van der Waals surface area contributed by atoms with Crippen LogP contribution in [0.5, 0.6) is 0 Å². The van der Waals surface area contributed by atoms with Crippen molar-refractivity contribution in [3.05, 3.63) is 0 Å². The number of carboxylic acids is 1. The number of hydrogen-bond acceptors (Lipinski definition) is 5. The van der Waals surface area contributed by atoms with E-state index in [0.717, 1.165) is 12.8 Å². The summed E-state index contributed by atoms with van der Waals surface area (Å²) in [6.45, 7) is 3.89. The summed E-state index contributed by atoms with van der Waals surface area (Å²) >= 11 is 0. The highest BCUT2D eigenvalue weighted by Crippen LogP contribution is 2.07. The fraction of sp³-hybridized carbons (Fsp3) is 0.938. The fourth-order valence-electron chi connectivity index (χ4n) is 2.62. The van der Waals surface area contributed by atoms with Crippen LogP contribution in [0.15, 0.2) is 0 Å². The van der Waals surface area contributed by atoms with Gasteiger partial charge in [-0.2, -0.15) is 0 Å². The molecule has 6 nitrogen and oxygen atoms in total. The maximum absolute atomic E-state index is 10.9. The molecular weight excluding hydrogens is 286 g/mol. The van der Waals surface area contributed by atoms with Crippen LogP contribution in [0.1, 0.15) is 45.4 Å². The monoisotopic (exact) mass is 319 g/mol. The lowest BCUT2D eigenvalue weighted by Gasteiger charge is -2.38. The number of unbranched alkanes of at least 4 members (excludes halogenated alkanes) is 5. The van der Waals surface area contributed by atoms with Gasteiger partial charge in [0, 0.05) is 6.61 Å². The minimum absolute atomic E-state index is 0.103. The van der Waals surface area contributed by atoms with Gasteiger partial charge in [-0.1, -0.05) is 39.0 Å². The van der Waals surface area contributed by atoms with Gasteiger partial charge in [-0.25, -0.2) is 0 Å². The lowest BCUT2D eigenvalue weighted by atomic mass is 10.1. The van der Waals surface area contributed by atoms with Crippen LogP contribution < -0.4 is 5.11 Å². The van der Waals surface area contributed by atoms with E-state index in [4.69, 9.17) is 14.9 Å². The van der Waals surface area contributed by atoms with Crippen molar-refractivity contribution in [2.75, 3.05) is 52.6 Å². The van der Waals surface area contributed by atoms with E-state index in [9.17, 15) is 9.90 Å². The molecule has 132 valence electrons. The molecule has 0 saturated carbocycles. The second-order valence-corrected chi connectivity index (χ2v) is 5.87. The Labute approximate surface area is 134 Å². The van der Waals surface area contributed by atoms with Crippen LogP contribution >= 0.6 is 0 Å². The van der Waals surface area contributed by atoms with Crippen LogP contribution in [-0.4, -0.2) is 73.3 Å². The molecule has 0 saturated heterocycles. The Hall–Kier alpha value is -0.690. The molecule has 0 aromatic heterocycles. The van der Waals surface area contributed by atoms with Gasteiger partial charge >= 0.3 is 0 Å². The maximum atomic E-state index is 10.9. The number of aliphatic hydroxyl groups is 2. The second kappa shape index (κ2) is 13.9. The van der Waals surface area contributed by atoms with Crippen LogP contribution in [0, 0.1) is 0 Å². The van der Waals surface area contributed by atoms with E-state index < -0.39 is 5.97 Å². The Morgan fingerprint density at radius 3 is 2.09 bits per heavy atom. The SMILES string of the molecule is CCCCCCCCOCC[N+](CCO)(CCO)CC(=O)[O-]. The van der Waals surface area contributed by atoms with Crippen LogP contribution in [0.3, 0.4) is 0 Å². The number of hydrogen-bond donors (Lipinski definition) is 2. The predicted molar refractivity (Wildman–Crippen MR) is 83.1 cm³/mol. The summed E-state index contributed by atoms with van der Waals surface area (Å²) in [6, 6.07) is 0. The predicted octanol–water partition coefficient (Wildman–Crippen LogP) is -0.0852. The highest BCUT2D eigenvalue weighted by molar-refractivity contribution is 5.65. The Balaban J connectivity index is 3.94. The maximum Gasteiger partial charge on any atom is 0.119 e. The van der Waals surface area contributed by atoms with E-state index in [-0.39, 0.29) is 37.3 Å². The van der Waals surface area contributed by atoms with E-state index in [1.54, 1.807) is 0 Å². The van der Waals surface area contributed by atoms with Gasteiger partial charge in [0.05, 0.1) is 25.8 Å². The highest BCUT2D eigenvalue weighted by atomic mass is 16.5. The summed E-state index contributed by atoms with van der Waals surface area (Å²) in [6.07, 6.45) is 7.21. The fourth-order valence-corrected chi connectivity index (χ4v) is 2.62. The second-order valence-electron chi connectivity index (χ2n) is 5.87. The van der Waals surface area contributed by atoms with Crippen molar-refractivity contribution in [2.45, 2.75) is 45.4 Å². The van der Waals surface area contributed by atoms with Crippen molar-refractivity contribution >= 4 is 5.97 Å². The van der Waals surface area contributed by atoms with E-state index in [0.29, 0.717) is 19.8 Å². The van der Waals surface area contributed by atoms with E-state index in [1.807, 2.05) is 0 Å². The van der Waals surface area contributed by atoms with Crippen LogP contribution in [0.2, 0.25) is 0 Å². The van der Waals surface area contributed by atoms with Crippen LogP contribution in [0.25, 0.3) is 0 Å². The molecule has 0 bridgehead atoms. The zero-order valence-electron chi connectivity index (χ0n) is 14.0. The zero-order valence-corrected chi connectivity index (χ0v) is 14.0. The molecular formula is C16H33NO5. The summed E-state index contributed by atoms with van der Waals surface area (Å²) in [5, 5.41) is 29.2. The third-order valence-corrected chi connectivity index (χ3v) is 3.97. The molecule has 0 aliphatic carbocycles. The molecule has 0 amide bonds. The summed E-state index contributed by atoms with van der Waals surface area (Å²) in [5.74, 6) is -1.17. The third kappa shape index (κ3) is 11.0. The first-order valence-electron chi connectivity index (χ1n) is 8.44. The number of quaternary nitrogens is 1.